The molecule has 1 atom stereocenters. The molecule has 3 aromatic carbocycles. The Balaban J connectivity index is 1.41. The van der Waals surface area contributed by atoms with Crippen molar-refractivity contribution in [2.24, 2.45) is 0 Å². The summed E-state index contributed by atoms with van der Waals surface area (Å²) in [6.07, 6.45) is 16.6. The lowest BCUT2D eigenvalue weighted by Crippen LogP contribution is -2.09. The number of benzene rings is 3. The Morgan fingerprint density at radius 2 is 1.15 bits per heavy atom. The second-order valence-corrected chi connectivity index (χ2v) is 11.0. The maximum atomic E-state index is 12.7. The first-order valence-corrected chi connectivity index (χ1v) is 15.7. The Labute approximate surface area is 243 Å². The molecule has 3 nitrogen and oxygen atoms in total. The SMILES string of the molecule is CCCCCCCCCOC(C)c1ccc(C(=O)Oc2ccc(-c3ccc(CCCCCCC)cc3)cc2)cc1. The van der Waals surface area contributed by atoms with Gasteiger partial charge in [-0.1, -0.05) is 127 Å². The minimum absolute atomic E-state index is 0.0116. The Kier molecular flexibility index (Phi) is 14.6. The minimum atomic E-state index is -0.348. The summed E-state index contributed by atoms with van der Waals surface area (Å²) in [5.41, 5.74) is 5.30. The molecule has 3 aromatic rings. The molecule has 0 saturated carbocycles. The van der Waals surface area contributed by atoms with Gasteiger partial charge in [-0.25, -0.2) is 4.79 Å². The maximum Gasteiger partial charge on any atom is 0.343 e. The molecule has 0 fully saturated rings. The molecule has 0 bridgehead atoms. The van der Waals surface area contributed by atoms with Crippen molar-refractivity contribution in [3.8, 4) is 16.9 Å². The van der Waals surface area contributed by atoms with Crippen LogP contribution in [0, 0.1) is 0 Å². The zero-order chi connectivity index (χ0) is 28.4. The van der Waals surface area contributed by atoms with Gasteiger partial charge in [0.15, 0.2) is 0 Å². The van der Waals surface area contributed by atoms with E-state index in [1.165, 1.54) is 81.8 Å². The van der Waals surface area contributed by atoms with E-state index in [-0.39, 0.29) is 12.1 Å². The summed E-state index contributed by atoms with van der Waals surface area (Å²) in [4.78, 5) is 12.7. The average molecular weight is 543 g/mol. The van der Waals surface area contributed by atoms with E-state index in [1.807, 2.05) is 48.5 Å². The van der Waals surface area contributed by atoms with Gasteiger partial charge >= 0.3 is 5.97 Å². The van der Waals surface area contributed by atoms with Gasteiger partial charge in [0.05, 0.1) is 11.7 Å². The van der Waals surface area contributed by atoms with E-state index in [9.17, 15) is 4.79 Å². The van der Waals surface area contributed by atoms with Gasteiger partial charge in [0, 0.05) is 6.61 Å². The molecule has 0 saturated heterocycles. The van der Waals surface area contributed by atoms with Gasteiger partial charge in [-0.3, -0.25) is 0 Å². The second-order valence-electron chi connectivity index (χ2n) is 11.0. The highest BCUT2D eigenvalue weighted by atomic mass is 16.5. The van der Waals surface area contributed by atoms with E-state index in [1.54, 1.807) is 0 Å². The van der Waals surface area contributed by atoms with Crippen LogP contribution in [0.4, 0.5) is 0 Å². The molecule has 0 N–H and O–H groups in total. The first-order valence-electron chi connectivity index (χ1n) is 15.7. The van der Waals surface area contributed by atoms with Gasteiger partial charge in [0.25, 0.3) is 0 Å². The maximum absolute atomic E-state index is 12.7. The molecule has 216 valence electrons. The van der Waals surface area contributed by atoms with Gasteiger partial charge in [0.1, 0.15) is 5.75 Å². The van der Waals surface area contributed by atoms with Gasteiger partial charge in [0.2, 0.25) is 0 Å². The summed E-state index contributed by atoms with van der Waals surface area (Å²) >= 11 is 0. The number of rotatable bonds is 19. The highest BCUT2D eigenvalue weighted by Crippen LogP contribution is 2.25. The van der Waals surface area contributed by atoms with E-state index in [0.29, 0.717) is 11.3 Å². The van der Waals surface area contributed by atoms with Crippen LogP contribution in [0.15, 0.2) is 72.8 Å². The fraction of sp³-hybridized carbons (Fsp3) is 0.486. The Bertz CT molecular complexity index is 1080. The van der Waals surface area contributed by atoms with Gasteiger partial charge in [-0.05, 0) is 72.7 Å². The molecule has 0 aromatic heterocycles. The molecule has 0 aliphatic rings. The molecular formula is C37H50O3. The van der Waals surface area contributed by atoms with Crippen LogP contribution in [0.2, 0.25) is 0 Å². The van der Waals surface area contributed by atoms with Crippen LogP contribution in [0.3, 0.4) is 0 Å². The van der Waals surface area contributed by atoms with Crippen LogP contribution >= 0.6 is 0 Å². The standard InChI is InChI=1S/C37H50O3/c1-4-6-8-10-11-13-15-29-39-30(3)32-21-23-35(24-22-32)37(38)40-36-27-25-34(26-28-36)33-19-17-31(18-20-33)16-14-12-9-7-5-2/h17-28,30H,4-16,29H2,1-3H3. The lowest BCUT2D eigenvalue weighted by atomic mass is 10.0. The molecule has 0 aliphatic heterocycles. The number of carbonyl (C=O) groups is 1. The fourth-order valence-corrected chi connectivity index (χ4v) is 4.98. The molecule has 0 amide bonds. The predicted octanol–water partition coefficient (Wildman–Crippen LogP) is 10.9. The van der Waals surface area contributed by atoms with Crippen molar-refractivity contribution in [2.75, 3.05) is 6.61 Å². The molecule has 3 rings (SSSR count). The van der Waals surface area contributed by atoms with Crippen molar-refractivity contribution in [2.45, 2.75) is 110 Å². The lowest BCUT2D eigenvalue weighted by Gasteiger charge is -2.14. The van der Waals surface area contributed by atoms with E-state index in [2.05, 4.69) is 45.0 Å². The monoisotopic (exact) mass is 542 g/mol. The van der Waals surface area contributed by atoms with Crippen molar-refractivity contribution in [1.82, 2.24) is 0 Å². The second kappa shape index (κ2) is 18.4. The minimum Gasteiger partial charge on any atom is -0.423 e. The van der Waals surface area contributed by atoms with E-state index < -0.39 is 0 Å². The molecule has 3 heteroatoms. The Morgan fingerprint density at radius 3 is 1.75 bits per heavy atom. The zero-order valence-electron chi connectivity index (χ0n) is 25.1. The van der Waals surface area contributed by atoms with Crippen LogP contribution in [-0.2, 0) is 11.2 Å². The summed E-state index contributed by atoms with van der Waals surface area (Å²) < 4.78 is 11.7. The quantitative estimate of drug-likeness (QED) is 0.0858. The topological polar surface area (TPSA) is 35.5 Å². The largest absolute Gasteiger partial charge is 0.423 e. The molecule has 0 heterocycles. The van der Waals surface area contributed by atoms with E-state index in [4.69, 9.17) is 9.47 Å². The number of hydrogen-bond acceptors (Lipinski definition) is 3. The van der Waals surface area contributed by atoms with E-state index >= 15 is 0 Å². The average Bonchev–Trinajstić information content (AvgIpc) is 2.99. The predicted molar refractivity (Wildman–Crippen MR) is 168 cm³/mol. The number of esters is 1. The zero-order valence-corrected chi connectivity index (χ0v) is 25.1. The van der Waals surface area contributed by atoms with Crippen LogP contribution in [0.5, 0.6) is 5.75 Å². The Hall–Kier alpha value is -2.91. The summed E-state index contributed by atoms with van der Waals surface area (Å²) in [5, 5.41) is 0. The first-order chi connectivity index (χ1) is 19.6. The summed E-state index contributed by atoms with van der Waals surface area (Å²) in [6.45, 7) is 7.35. The molecule has 0 radical (unpaired) electrons. The van der Waals surface area contributed by atoms with Crippen LogP contribution in [0.1, 0.15) is 125 Å². The van der Waals surface area contributed by atoms with Crippen molar-refractivity contribution in [1.29, 1.82) is 0 Å². The third kappa shape index (κ3) is 11.3. The van der Waals surface area contributed by atoms with Crippen LogP contribution in [-0.4, -0.2) is 12.6 Å². The molecule has 0 spiro atoms. The van der Waals surface area contributed by atoms with E-state index in [0.717, 1.165) is 30.6 Å². The van der Waals surface area contributed by atoms with Crippen molar-refractivity contribution < 1.29 is 14.3 Å². The highest BCUT2D eigenvalue weighted by Gasteiger charge is 2.11. The molecule has 1 unspecified atom stereocenters. The van der Waals surface area contributed by atoms with Crippen molar-refractivity contribution in [3.05, 3.63) is 89.5 Å². The number of unbranched alkanes of at least 4 members (excludes halogenated alkanes) is 10. The highest BCUT2D eigenvalue weighted by molar-refractivity contribution is 5.91. The van der Waals surface area contributed by atoms with Gasteiger partial charge < -0.3 is 9.47 Å². The fourth-order valence-electron chi connectivity index (χ4n) is 4.98. The van der Waals surface area contributed by atoms with Gasteiger partial charge in [-0.2, -0.15) is 0 Å². The van der Waals surface area contributed by atoms with Crippen LogP contribution in [0.25, 0.3) is 11.1 Å². The summed E-state index contributed by atoms with van der Waals surface area (Å²) in [5.74, 6) is 0.201. The Morgan fingerprint density at radius 1 is 0.625 bits per heavy atom. The summed E-state index contributed by atoms with van der Waals surface area (Å²) in [6, 6.07) is 24.1. The van der Waals surface area contributed by atoms with Crippen molar-refractivity contribution in [3.63, 3.8) is 0 Å². The number of aryl methyl sites for hydroxylation is 1. The van der Waals surface area contributed by atoms with Crippen LogP contribution < -0.4 is 4.74 Å². The molecular weight excluding hydrogens is 492 g/mol. The number of hydrogen-bond donors (Lipinski definition) is 0. The van der Waals surface area contributed by atoms with Gasteiger partial charge in [-0.15, -0.1) is 0 Å². The molecule has 0 aliphatic carbocycles. The third-order valence-electron chi connectivity index (χ3n) is 7.65. The smallest absolute Gasteiger partial charge is 0.343 e. The third-order valence-corrected chi connectivity index (χ3v) is 7.65. The first kappa shape index (κ1) is 31.6. The summed E-state index contributed by atoms with van der Waals surface area (Å²) in [7, 11) is 0. The molecule has 40 heavy (non-hydrogen) atoms. The normalized spacial score (nSPS) is 11.9. The lowest BCUT2D eigenvalue weighted by molar-refractivity contribution is 0.0626. The number of ether oxygens (including phenoxy) is 2. The number of carbonyl (C=O) groups excluding carboxylic acids is 1. The van der Waals surface area contributed by atoms with Crippen molar-refractivity contribution >= 4 is 5.97 Å².